The van der Waals surface area contributed by atoms with Crippen molar-refractivity contribution in [3.8, 4) is 0 Å². The monoisotopic (exact) mass is 186 g/mol. The molecule has 0 unspecified atom stereocenters. The first-order valence-corrected chi connectivity index (χ1v) is 4.66. The summed E-state index contributed by atoms with van der Waals surface area (Å²) in [6.45, 7) is 1.55. The molecular weight excluding hydrogens is 171 g/mol. The van der Waals surface area contributed by atoms with E-state index in [1.54, 1.807) is 0 Å². The Labute approximate surface area is 65.5 Å². The molecule has 0 aliphatic rings. The zero-order valence-electron chi connectivity index (χ0n) is 6.18. The van der Waals surface area contributed by atoms with E-state index in [1.807, 2.05) is 0 Å². The minimum absolute atomic E-state index is 0.775. The van der Waals surface area contributed by atoms with Crippen LogP contribution in [-0.2, 0) is 4.57 Å². The van der Waals surface area contributed by atoms with Crippen LogP contribution in [0.5, 0.6) is 0 Å². The van der Waals surface area contributed by atoms with Crippen LogP contribution in [0.15, 0.2) is 0 Å². The number of hydrogen-bond acceptors (Lipinski definition) is 3. The van der Waals surface area contributed by atoms with Crippen LogP contribution < -0.4 is 11.5 Å². The second-order valence-electron chi connectivity index (χ2n) is 1.80. The lowest BCUT2D eigenvalue weighted by Gasteiger charge is -1.87. The van der Waals surface area contributed by atoms with Crippen LogP contribution in [0.4, 0.5) is 0 Å². The average molecular weight is 186 g/mol. The predicted octanol–water partition coefficient (Wildman–Crippen LogP) is -1.24. The quantitative estimate of drug-likeness (QED) is 0.276. The summed E-state index contributed by atoms with van der Waals surface area (Å²) in [6.07, 6.45) is 2.13. The number of unbranched alkanes of at least 4 members (excludes halogenated alkanes) is 1. The summed E-state index contributed by atoms with van der Waals surface area (Å²) in [5.74, 6) is 0. The Bertz CT molecular complexity index is 102. The summed E-state index contributed by atoms with van der Waals surface area (Å²) in [4.78, 5) is 21.6. The number of nitrogens with two attached hydrogens (primary N) is 2. The smallest absolute Gasteiger partial charge is 0.330 e. The topological polar surface area (TPSA) is 130 Å². The number of rotatable bonds is 3. The Morgan fingerprint density at radius 1 is 1.00 bits per heavy atom. The van der Waals surface area contributed by atoms with E-state index in [0.29, 0.717) is 0 Å². The molecule has 0 saturated carbocycles. The van der Waals surface area contributed by atoms with E-state index in [-0.39, 0.29) is 0 Å². The van der Waals surface area contributed by atoms with E-state index in [2.05, 4.69) is 0 Å². The molecule has 0 aromatic carbocycles. The van der Waals surface area contributed by atoms with Crippen molar-refractivity contribution >= 4 is 7.82 Å². The highest BCUT2D eigenvalue weighted by Crippen LogP contribution is 2.25. The lowest BCUT2D eigenvalue weighted by molar-refractivity contribution is 0.275. The van der Waals surface area contributed by atoms with Gasteiger partial charge in [0, 0.05) is 0 Å². The normalized spacial score (nSPS) is 10.3. The van der Waals surface area contributed by atoms with Gasteiger partial charge in [0.05, 0.1) is 0 Å². The third-order valence-electron chi connectivity index (χ3n) is 0.658. The van der Waals surface area contributed by atoms with Crippen molar-refractivity contribution in [3.63, 3.8) is 0 Å². The van der Waals surface area contributed by atoms with Gasteiger partial charge >= 0.3 is 7.82 Å². The first-order valence-electron chi connectivity index (χ1n) is 3.10. The van der Waals surface area contributed by atoms with E-state index in [1.165, 1.54) is 0 Å². The molecule has 0 aliphatic heterocycles. The van der Waals surface area contributed by atoms with Gasteiger partial charge in [-0.2, -0.15) is 0 Å². The van der Waals surface area contributed by atoms with Crippen molar-refractivity contribution in [3.05, 3.63) is 0 Å². The summed E-state index contributed by atoms with van der Waals surface area (Å²) in [5.41, 5.74) is 10.3. The van der Waals surface area contributed by atoms with Gasteiger partial charge in [0.2, 0.25) is 0 Å². The first-order chi connectivity index (χ1) is 4.91. The fourth-order valence-corrected chi connectivity index (χ4v) is 0.289. The Hall–Kier alpha value is 0.0300. The second kappa shape index (κ2) is 8.13. The van der Waals surface area contributed by atoms with Crippen molar-refractivity contribution in [2.75, 3.05) is 13.1 Å². The molecule has 7 N–H and O–H groups in total. The van der Waals surface area contributed by atoms with Crippen molar-refractivity contribution in [1.82, 2.24) is 0 Å². The van der Waals surface area contributed by atoms with Gasteiger partial charge < -0.3 is 26.1 Å². The Kier molecular flexibility index (Phi) is 10.1. The molecule has 0 radical (unpaired) electrons. The standard InChI is InChI=1S/C4H12N2.H3O4P/c5-3-1-2-4-6;1-5(2,3)4/h1-6H2;(H3,1,2,3,4). The molecule has 0 atom stereocenters. The van der Waals surface area contributed by atoms with E-state index in [9.17, 15) is 0 Å². The van der Waals surface area contributed by atoms with Gasteiger partial charge in [-0.25, -0.2) is 4.57 Å². The minimum atomic E-state index is -4.64. The molecule has 6 nitrogen and oxygen atoms in total. The summed E-state index contributed by atoms with van der Waals surface area (Å²) in [5, 5.41) is 0. The lowest BCUT2D eigenvalue weighted by Crippen LogP contribution is -2.03. The van der Waals surface area contributed by atoms with Crippen molar-refractivity contribution in [2.45, 2.75) is 12.8 Å². The summed E-state index contributed by atoms with van der Waals surface area (Å²) < 4.78 is 8.88. The highest BCUT2D eigenvalue weighted by Gasteiger charge is 2.00. The fourth-order valence-electron chi connectivity index (χ4n) is 0.289. The molecule has 0 heterocycles. The molecule has 0 aromatic rings. The van der Waals surface area contributed by atoms with E-state index < -0.39 is 7.82 Å². The molecule has 11 heavy (non-hydrogen) atoms. The van der Waals surface area contributed by atoms with Crippen LogP contribution >= 0.6 is 7.82 Å². The van der Waals surface area contributed by atoms with Gasteiger partial charge in [0.15, 0.2) is 0 Å². The van der Waals surface area contributed by atoms with Gasteiger partial charge in [-0.3, -0.25) is 0 Å². The summed E-state index contributed by atoms with van der Waals surface area (Å²) in [6, 6.07) is 0. The van der Waals surface area contributed by atoms with E-state index >= 15 is 0 Å². The Morgan fingerprint density at radius 3 is 1.27 bits per heavy atom. The van der Waals surface area contributed by atoms with Crippen LogP contribution in [0.1, 0.15) is 12.8 Å². The molecule has 0 aliphatic carbocycles. The zero-order chi connectivity index (χ0) is 9.33. The van der Waals surface area contributed by atoms with Gasteiger partial charge in [-0.15, -0.1) is 0 Å². The highest BCUT2D eigenvalue weighted by molar-refractivity contribution is 7.45. The molecule has 0 fully saturated rings. The summed E-state index contributed by atoms with van der Waals surface area (Å²) in [7, 11) is -4.64. The van der Waals surface area contributed by atoms with Gasteiger partial charge in [-0.1, -0.05) is 0 Å². The first kappa shape index (κ1) is 13.6. The molecule has 0 rings (SSSR count). The molecular formula is C4H15N2O4P. The molecule has 0 saturated heterocycles. The molecule has 0 spiro atoms. The predicted molar refractivity (Wildman–Crippen MR) is 41.6 cm³/mol. The molecule has 0 aromatic heterocycles. The Morgan fingerprint density at radius 2 is 1.18 bits per heavy atom. The van der Waals surface area contributed by atoms with Crippen molar-refractivity contribution in [2.24, 2.45) is 11.5 Å². The number of phosphoric acid groups is 1. The zero-order valence-corrected chi connectivity index (χ0v) is 7.07. The van der Waals surface area contributed by atoms with Gasteiger partial charge in [0.25, 0.3) is 0 Å². The maximum Gasteiger partial charge on any atom is 0.466 e. The average Bonchev–Trinajstić information content (AvgIpc) is 1.79. The minimum Gasteiger partial charge on any atom is -0.330 e. The van der Waals surface area contributed by atoms with Crippen LogP contribution in [-0.4, -0.2) is 27.8 Å². The maximum absolute atomic E-state index is 8.88. The highest BCUT2D eigenvalue weighted by atomic mass is 31.2. The number of hydrogen-bond donors (Lipinski definition) is 5. The van der Waals surface area contributed by atoms with E-state index in [0.717, 1.165) is 25.9 Å². The SMILES string of the molecule is NCCCCN.O=P(O)(O)O. The summed E-state index contributed by atoms with van der Waals surface area (Å²) >= 11 is 0. The van der Waals surface area contributed by atoms with Crippen LogP contribution in [0, 0.1) is 0 Å². The molecule has 0 amide bonds. The van der Waals surface area contributed by atoms with Crippen molar-refractivity contribution < 1.29 is 19.2 Å². The van der Waals surface area contributed by atoms with Crippen molar-refractivity contribution in [1.29, 1.82) is 0 Å². The van der Waals surface area contributed by atoms with Crippen LogP contribution in [0.3, 0.4) is 0 Å². The third-order valence-corrected chi connectivity index (χ3v) is 0.658. The lowest BCUT2D eigenvalue weighted by atomic mass is 10.3. The van der Waals surface area contributed by atoms with E-state index in [4.69, 9.17) is 30.7 Å². The molecule has 7 heteroatoms. The van der Waals surface area contributed by atoms with Gasteiger partial charge in [0.1, 0.15) is 0 Å². The van der Waals surface area contributed by atoms with Crippen LogP contribution in [0.25, 0.3) is 0 Å². The third kappa shape index (κ3) is 70.4. The Balaban J connectivity index is 0. The molecule has 70 valence electrons. The second-order valence-corrected chi connectivity index (χ2v) is 2.82. The fraction of sp³-hybridized carbons (Fsp3) is 1.00. The largest absolute Gasteiger partial charge is 0.466 e. The van der Waals surface area contributed by atoms with Gasteiger partial charge in [-0.05, 0) is 25.9 Å². The maximum atomic E-state index is 8.88. The molecule has 0 bridgehead atoms. The van der Waals surface area contributed by atoms with Crippen LogP contribution in [0.2, 0.25) is 0 Å².